The van der Waals surface area contributed by atoms with Gasteiger partial charge in [0, 0.05) is 0 Å². The first-order chi connectivity index (χ1) is 15.6. The fourth-order valence-electron chi connectivity index (χ4n) is 4.48. The zero-order chi connectivity index (χ0) is 22.8. The Morgan fingerprint density at radius 3 is 1.50 bits per heavy atom. The summed E-state index contributed by atoms with van der Waals surface area (Å²) in [6, 6.07) is 18.4. The number of rotatable bonds is 10. The van der Waals surface area contributed by atoms with Gasteiger partial charge in [-0.2, -0.15) is 0 Å². The zero-order valence-electron chi connectivity index (χ0n) is 18.5. The molecule has 2 atom stereocenters. The van der Waals surface area contributed by atoms with E-state index < -0.39 is 17.5 Å². The van der Waals surface area contributed by atoms with Gasteiger partial charge in [-0.15, -0.1) is 0 Å². The summed E-state index contributed by atoms with van der Waals surface area (Å²) in [6.45, 7) is -0.406. The topological polar surface area (TPSA) is 98.7 Å². The average Bonchev–Trinajstić information content (AvgIpc) is 2.84. The van der Waals surface area contributed by atoms with Crippen molar-refractivity contribution >= 4 is 11.8 Å². The molecule has 0 aromatic heterocycles. The Morgan fingerprint density at radius 2 is 1.12 bits per heavy atom. The van der Waals surface area contributed by atoms with Crippen LogP contribution in [0.25, 0.3) is 0 Å². The lowest BCUT2D eigenvalue weighted by Crippen LogP contribution is -2.57. The second kappa shape index (κ2) is 11.8. The highest BCUT2D eigenvalue weighted by molar-refractivity contribution is 6.05. The minimum Gasteiger partial charge on any atom is -0.394 e. The van der Waals surface area contributed by atoms with Crippen LogP contribution in [0, 0.1) is 5.41 Å². The van der Waals surface area contributed by atoms with Crippen molar-refractivity contribution in [1.82, 2.24) is 10.6 Å². The Kier molecular flexibility index (Phi) is 8.82. The number of aliphatic hydroxyl groups is 2. The summed E-state index contributed by atoms with van der Waals surface area (Å²) in [7, 11) is 0. The van der Waals surface area contributed by atoms with Gasteiger partial charge in [-0.05, 0) is 36.8 Å². The molecular formula is C26H34N2O4. The number of amides is 2. The van der Waals surface area contributed by atoms with E-state index in [9.17, 15) is 19.8 Å². The second-order valence-corrected chi connectivity index (χ2v) is 8.73. The van der Waals surface area contributed by atoms with Crippen molar-refractivity contribution in [3.63, 3.8) is 0 Å². The van der Waals surface area contributed by atoms with Crippen molar-refractivity contribution in [2.24, 2.45) is 5.41 Å². The van der Waals surface area contributed by atoms with Crippen molar-refractivity contribution in [2.45, 2.75) is 57.0 Å². The van der Waals surface area contributed by atoms with Crippen molar-refractivity contribution in [1.29, 1.82) is 0 Å². The maximum Gasteiger partial charge on any atom is 0.236 e. The van der Waals surface area contributed by atoms with Crippen LogP contribution in [0.1, 0.15) is 43.2 Å². The fraction of sp³-hybridized carbons (Fsp3) is 0.462. The lowest BCUT2D eigenvalue weighted by atomic mass is 9.72. The van der Waals surface area contributed by atoms with Gasteiger partial charge < -0.3 is 20.8 Å². The SMILES string of the molecule is O=C(N[C@@H](CO)Cc1ccccc1)C1(C(=O)N[C@@H](CO)Cc2ccccc2)CCCCC1. The van der Waals surface area contributed by atoms with Crippen LogP contribution in [0.15, 0.2) is 60.7 Å². The van der Waals surface area contributed by atoms with Crippen LogP contribution in [0.5, 0.6) is 0 Å². The van der Waals surface area contributed by atoms with Gasteiger partial charge in [0.1, 0.15) is 5.41 Å². The standard InChI is InChI=1S/C26H34N2O4/c29-18-22(16-20-10-4-1-5-11-20)27-24(31)26(14-8-3-9-15-26)25(32)28-23(19-30)17-21-12-6-2-7-13-21/h1-2,4-7,10-13,22-23,29-30H,3,8-9,14-19H2,(H,27,31)(H,28,32)/t22-,23-/m1/s1. The monoisotopic (exact) mass is 438 g/mol. The van der Waals surface area contributed by atoms with E-state index in [0.29, 0.717) is 25.7 Å². The van der Waals surface area contributed by atoms with Gasteiger partial charge in [0.2, 0.25) is 11.8 Å². The largest absolute Gasteiger partial charge is 0.394 e. The molecule has 6 heteroatoms. The first-order valence-electron chi connectivity index (χ1n) is 11.5. The van der Waals surface area contributed by atoms with Gasteiger partial charge >= 0.3 is 0 Å². The lowest BCUT2D eigenvalue weighted by molar-refractivity contribution is -0.147. The molecule has 0 spiro atoms. The smallest absolute Gasteiger partial charge is 0.236 e. The summed E-state index contributed by atoms with van der Waals surface area (Å²) in [6.07, 6.45) is 4.51. The van der Waals surface area contributed by atoms with Crippen LogP contribution >= 0.6 is 0 Å². The normalized spacial score (nSPS) is 17.2. The molecular weight excluding hydrogens is 404 g/mol. The fourth-order valence-corrected chi connectivity index (χ4v) is 4.48. The molecule has 2 amide bonds. The second-order valence-electron chi connectivity index (χ2n) is 8.73. The molecule has 0 unspecified atom stereocenters. The van der Waals surface area contributed by atoms with Crippen LogP contribution < -0.4 is 10.6 Å². The van der Waals surface area contributed by atoms with E-state index in [1.807, 2.05) is 60.7 Å². The predicted molar refractivity (Wildman–Crippen MR) is 124 cm³/mol. The molecule has 6 nitrogen and oxygen atoms in total. The molecule has 4 N–H and O–H groups in total. The quantitative estimate of drug-likeness (QED) is 0.428. The van der Waals surface area contributed by atoms with E-state index in [1.165, 1.54) is 0 Å². The van der Waals surface area contributed by atoms with E-state index in [0.717, 1.165) is 30.4 Å². The zero-order valence-corrected chi connectivity index (χ0v) is 18.5. The summed E-state index contributed by atoms with van der Waals surface area (Å²) in [5, 5.41) is 25.6. The number of benzene rings is 2. The van der Waals surface area contributed by atoms with E-state index in [-0.39, 0.29) is 25.0 Å². The number of carbonyl (C=O) groups is 2. The van der Waals surface area contributed by atoms with Crippen molar-refractivity contribution in [3.05, 3.63) is 71.8 Å². The molecule has 1 fully saturated rings. The number of nitrogens with one attached hydrogen (secondary N) is 2. The Hall–Kier alpha value is -2.70. The van der Waals surface area contributed by atoms with Crippen LogP contribution in [0.3, 0.4) is 0 Å². The molecule has 0 aliphatic heterocycles. The minimum absolute atomic E-state index is 0.203. The number of hydrogen-bond donors (Lipinski definition) is 4. The molecule has 32 heavy (non-hydrogen) atoms. The van der Waals surface area contributed by atoms with Gasteiger partial charge in [-0.1, -0.05) is 79.9 Å². The maximum atomic E-state index is 13.4. The van der Waals surface area contributed by atoms with Gasteiger partial charge in [0.15, 0.2) is 0 Å². The first kappa shape index (κ1) is 24.0. The highest BCUT2D eigenvalue weighted by Crippen LogP contribution is 2.37. The summed E-state index contributed by atoms with van der Waals surface area (Å²) in [5.74, 6) is -0.665. The summed E-state index contributed by atoms with van der Waals surface area (Å²) in [5.41, 5.74) is 0.848. The average molecular weight is 439 g/mol. The van der Waals surface area contributed by atoms with Gasteiger partial charge in [-0.3, -0.25) is 9.59 Å². The van der Waals surface area contributed by atoms with Crippen LogP contribution in [-0.4, -0.2) is 47.3 Å². The maximum absolute atomic E-state index is 13.4. The molecule has 1 aliphatic rings. The van der Waals surface area contributed by atoms with Gasteiger partial charge in [0.25, 0.3) is 0 Å². The third kappa shape index (κ3) is 6.17. The number of carbonyl (C=O) groups excluding carboxylic acids is 2. The number of aliphatic hydroxyl groups excluding tert-OH is 2. The molecule has 2 aromatic carbocycles. The number of hydrogen-bond acceptors (Lipinski definition) is 4. The molecule has 0 heterocycles. The molecule has 2 aromatic rings. The third-order valence-electron chi connectivity index (χ3n) is 6.34. The summed E-state index contributed by atoms with van der Waals surface area (Å²) < 4.78 is 0. The Bertz CT molecular complexity index is 785. The Labute approximate surface area is 190 Å². The molecule has 0 bridgehead atoms. The Balaban J connectivity index is 1.71. The van der Waals surface area contributed by atoms with Crippen molar-refractivity contribution in [2.75, 3.05) is 13.2 Å². The molecule has 1 aliphatic carbocycles. The van der Waals surface area contributed by atoms with Gasteiger partial charge in [0.05, 0.1) is 25.3 Å². The summed E-state index contributed by atoms with van der Waals surface area (Å²) in [4.78, 5) is 26.8. The highest BCUT2D eigenvalue weighted by atomic mass is 16.3. The van der Waals surface area contributed by atoms with E-state index in [4.69, 9.17) is 0 Å². The van der Waals surface area contributed by atoms with Crippen LogP contribution in [-0.2, 0) is 22.4 Å². The first-order valence-corrected chi connectivity index (χ1v) is 11.5. The minimum atomic E-state index is -1.17. The highest BCUT2D eigenvalue weighted by Gasteiger charge is 2.47. The lowest BCUT2D eigenvalue weighted by Gasteiger charge is -2.36. The molecule has 0 saturated heterocycles. The molecule has 0 radical (unpaired) electrons. The predicted octanol–water partition coefficient (Wildman–Crippen LogP) is 2.38. The van der Waals surface area contributed by atoms with Gasteiger partial charge in [-0.25, -0.2) is 0 Å². The molecule has 172 valence electrons. The van der Waals surface area contributed by atoms with E-state index in [1.54, 1.807) is 0 Å². The summed E-state index contributed by atoms with van der Waals surface area (Å²) >= 11 is 0. The van der Waals surface area contributed by atoms with E-state index >= 15 is 0 Å². The molecule has 3 rings (SSSR count). The van der Waals surface area contributed by atoms with Crippen LogP contribution in [0.4, 0.5) is 0 Å². The van der Waals surface area contributed by atoms with Crippen molar-refractivity contribution in [3.8, 4) is 0 Å². The molecule has 1 saturated carbocycles. The Morgan fingerprint density at radius 1 is 0.719 bits per heavy atom. The third-order valence-corrected chi connectivity index (χ3v) is 6.34. The van der Waals surface area contributed by atoms with E-state index in [2.05, 4.69) is 10.6 Å². The van der Waals surface area contributed by atoms with Crippen molar-refractivity contribution < 1.29 is 19.8 Å². The van der Waals surface area contributed by atoms with Crippen LogP contribution in [0.2, 0.25) is 0 Å².